The van der Waals surface area contributed by atoms with E-state index in [0.29, 0.717) is 11.4 Å². The van der Waals surface area contributed by atoms with Crippen molar-refractivity contribution in [1.82, 2.24) is 9.38 Å². The zero-order chi connectivity index (χ0) is 17.3. The second kappa shape index (κ2) is 6.83. The summed E-state index contributed by atoms with van der Waals surface area (Å²) >= 11 is 6.12. The molecule has 0 amide bonds. The van der Waals surface area contributed by atoms with E-state index in [-0.39, 0.29) is 6.10 Å². The fraction of sp³-hybridized carbons (Fsp3) is 0.316. The predicted molar refractivity (Wildman–Crippen MR) is 96.7 cm³/mol. The number of hydrogen-bond acceptors (Lipinski definition) is 3. The second-order valence-corrected chi connectivity index (χ2v) is 6.47. The summed E-state index contributed by atoms with van der Waals surface area (Å²) in [7, 11) is 0. The molecule has 1 unspecified atom stereocenters. The Bertz CT molecular complexity index is 840. The molecule has 0 aliphatic carbocycles. The minimum atomic E-state index is -0.611. The molecule has 1 N–H and O–H groups in total. The minimum Gasteiger partial charge on any atom is -0.491 e. The molecule has 2 aromatic heterocycles. The summed E-state index contributed by atoms with van der Waals surface area (Å²) < 4.78 is 7.55. The molecular weight excluding hydrogens is 324 g/mol. The van der Waals surface area contributed by atoms with Gasteiger partial charge in [-0.1, -0.05) is 18.5 Å². The minimum absolute atomic E-state index is 0.130. The van der Waals surface area contributed by atoms with Gasteiger partial charge in [0, 0.05) is 11.8 Å². The van der Waals surface area contributed by atoms with Crippen LogP contribution in [0, 0.1) is 0 Å². The average Bonchev–Trinajstić information content (AvgIpc) is 2.92. The molecule has 0 saturated carbocycles. The van der Waals surface area contributed by atoms with Gasteiger partial charge in [-0.25, -0.2) is 4.98 Å². The fourth-order valence-electron chi connectivity index (χ4n) is 2.72. The number of fused-ring (bicyclic) bond motifs is 1. The summed E-state index contributed by atoms with van der Waals surface area (Å²) in [6.07, 6.45) is 1.91. The van der Waals surface area contributed by atoms with Crippen LogP contribution in [0.3, 0.4) is 0 Å². The second-order valence-electron chi connectivity index (χ2n) is 6.04. The van der Waals surface area contributed by atoms with E-state index in [9.17, 15) is 5.11 Å². The van der Waals surface area contributed by atoms with Crippen LogP contribution in [0.4, 0.5) is 0 Å². The lowest BCUT2D eigenvalue weighted by atomic mass is 10.1. The fourth-order valence-corrected chi connectivity index (χ4v) is 2.89. The highest BCUT2D eigenvalue weighted by Gasteiger charge is 2.20. The molecule has 5 heteroatoms. The summed E-state index contributed by atoms with van der Waals surface area (Å²) in [5.74, 6) is 0.818. The third-order valence-electron chi connectivity index (χ3n) is 3.82. The van der Waals surface area contributed by atoms with Crippen LogP contribution in [0.5, 0.6) is 5.75 Å². The Labute approximate surface area is 146 Å². The van der Waals surface area contributed by atoms with Crippen LogP contribution in [0.15, 0.2) is 42.6 Å². The highest BCUT2D eigenvalue weighted by molar-refractivity contribution is 6.30. The third kappa shape index (κ3) is 3.25. The predicted octanol–water partition coefficient (Wildman–Crippen LogP) is 4.89. The Morgan fingerprint density at radius 2 is 1.88 bits per heavy atom. The van der Waals surface area contributed by atoms with Gasteiger partial charge in [-0.2, -0.15) is 0 Å². The Morgan fingerprint density at radius 3 is 2.50 bits per heavy atom. The van der Waals surface area contributed by atoms with Gasteiger partial charge >= 0.3 is 0 Å². The number of benzene rings is 1. The van der Waals surface area contributed by atoms with E-state index in [0.717, 1.165) is 28.3 Å². The first-order chi connectivity index (χ1) is 11.5. The van der Waals surface area contributed by atoms with Crippen molar-refractivity contribution >= 4 is 17.2 Å². The molecule has 0 fully saturated rings. The molecule has 24 heavy (non-hydrogen) atoms. The number of aromatic nitrogens is 2. The first-order valence-electron chi connectivity index (χ1n) is 8.12. The first kappa shape index (κ1) is 16.8. The van der Waals surface area contributed by atoms with Gasteiger partial charge in [0.1, 0.15) is 11.4 Å². The molecule has 0 aliphatic rings. The number of rotatable bonds is 5. The van der Waals surface area contributed by atoms with Crippen molar-refractivity contribution in [2.75, 3.05) is 0 Å². The van der Waals surface area contributed by atoms with E-state index in [2.05, 4.69) is 4.98 Å². The van der Waals surface area contributed by atoms with Crippen molar-refractivity contribution in [3.63, 3.8) is 0 Å². The van der Waals surface area contributed by atoms with Gasteiger partial charge in [0.2, 0.25) is 0 Å². The van der Waals surface area contributed by atoms with Gasteiger partial charge in [-0.15, -0.1) is 0 Å². The Kier molecular flexibility index (Phi) is 4.78. The van der Waals surface area contributed by atoms with Crippen LogP contribution in [0.25, 0.3) is 16.9 Å². The van der Waals surface area contributed by atoms with Gasteiger partial charge in [-0.3, -0.25) is 4.40 Å². The van der Waals surface area contributed by atoms with Crippen LogP contribution < -0.4 is 4.74 Å². The molecule has 0 aliphatic heterocycles. The van der Waals surface area contributed by atoms with Crippen molar-refractivity contribution in [3.05, 3.63) is 53.3 Å². The Morgan fingerprint density at radius 1 is 1.17 bits per heavy atom. The van der Waals surface area contributed by atoms with Crippen LogP contribution in [0.1, 0.15) is 39.0 Å². The Balaban J connectivity index is 2.11. The molecular formula is C19H21ClN2O2. The molecule has 1 aromatic carbocycles. The summed E-state index contributed by atoms with van der Waals surface area (Å²) in [5.41, 5.74) is 3.23. The number of hydrogen-bond donors (Lipinski definition) is 1. The normalized spacial score (nSPS) is 12.8. The number of aliphatic hydroxyl groups is 1. The van der Waals surface area contributed by atoms with Gasteiger partial charge in [0.25, 0.3) is 0 Å². The van der Waals surface area contributed by atoms with Gasteiger partial charge in [-0.05, 0) is 56.7 Å². The van der Waals surface area contributed by atoms with Crippen molar-refractivity contribution in [3.8, 4) is 17.0 Å². The molecule has 3 aromatic rings. The van der Waals surface area contributed by atoms with E-state index in [4.69, 9.17) is 16.3 Å². The molecule has 0 saturated heterocycles. The molecule has 4 nitrogen and oxygen atoms in total. The van der Waals surface area contributed by atoms with Crippen molar-refractivity contribution in [1.29, 1.82) is 0 Å². The summed E-state index contributed by atoms with van der Waals surface area (Å²) in [6.45, 7) is 5.93. The van der Waals surface area contributed by atoms with Crippen molar-refractivity contribution < 1.29 is 9.84 Å². The molecule has 3 rings (SSSR count). The maximum Gasteiger partial charge on any atom is 0.137 e. The third-order valence-corrected chi connectivity index (χ3v) is 4.04. The monoisotopic (exact) mass is 344 g/mol. The van der Waals surface area contributed by atoms with E-state index in [1.807, 2.05) is 55.5 Å². The molecule has 2 heterocycles. The maximum absolute atomic E-state index is 10.5. The van der Waals surface area contributed by atoms with E-state index in [1.54, 1.807) is 12.3 Å². The average molecular weight is 345 g/mol. The number of ether oxygens (including phenoxy) is 1. The molecule has 0 spiro atoms. The van der Waals surface area contributed by atoms with E-state index in [1.165, 1.54) is 0 Å². The summed E-state index contributed by atoms with van der Waals surface area (Å²) in [4.78, 5) is 4.69. The zero-order valence-electron chi connectivity index (χ0n) is 14.0. The van der Waals surface area contributed by atoms with Crippen molar-refractivity contribution in [2.24, 2.45) is 0 Å². The Hall–Kier alpha value is -2.04. The zero-order valence-corrected chi connectivity index (χ0v) is 14.8. The number of halogens is 1. The molecule has 0 bridgehead atoms. The standard InChI is InChI=1S/C19H21ClN2O2/c1-4-16(23)19-18(21-17-10-7-14(20)11-22(17)19)13-5-8-15(9-6-13)24-12(2)3/h5-12,16,23H,4H2,1-3H3. The highest BCUT2D eigenvalue weighted by atomic mass is 35.5. The van der Waals surface area contributed by atoms with Gasteiger partial charge in [0.15, 0.2) is 0 Å². The quantitative estimate of drug-likeness (QED) is 0.717. The van der Waals surface area contributed by atoms with Crippen LogP contribution in [-0.4, -0.2) is 20.6 Å². The number of nitrogens with zero attached hydrogens (tertiary/aromatic N) is 2. The topological polar surface area (TPSA) is 46.8 Å². The first-order valence-corrected chi connectivity index (χ1v) is 8.50. The van der Waals surface area contributed by atoms with E-state index < -0.39 is 6.10 Å². The van der Waals surface area contributed by atoms with E-state index >= 15 is 0 Å². The molecule has 1 atom stereocenters. The van der Waals surface area contributed by atoms with Crippen LogP contribution >= 0.6 is 11.6 Å². The lowest BCUT2D eigenvalue weighted by molar-refractivity contribution is 0.168. The smallest absolute Gasteiger partial charge is 0.137 e. The SMILES string of the molecule is CCC(O)c1c(-c2ccc(OC(C)C)cc2)nc2ccc(Cl)cn12. The number of pyridine rings is 1. The van der Waals surface area contributed by atoms with Crippen LogP contribution in [-0.2, 0) is 0 Å². The lowest BCUT2D eigenvalue weighted by Gasteiger charge is -2.12. The number of imidazole rings is 1. The largest absolute Gasteiger partial charge is 0.491 e. The highest BCUT2D eigenvalue weighted by Crippen LogP contribution is 2.32. The van der Waals surface area contributed by atoms with Gasteiger partial charge in [0.05, 0.1) is 28.6 Å². The van der Waals surface area contributed by atoms with Crippen molar-refractivity contribution in [2.45, 2.75) is 39.4 Å². The number of aliphatic hydroxyl groups excluding tert-OH is 1. The molecule has 0 radical (unpaired) electrons. The maximum atomic E-state index is 10.5. The summed E-state index contributed by atoms with van der Waals surface area (Å²) in [6, 6.07) is 11.4. The lowest BCUT2D eigenvalue weighted by Crippen LogP contribution is -2.05. The van der Waals surface area contributed by atoms with Crippen LogP contribution in [0.2, 0.25) is 5.02 Å². The molecule has 126 valence electrons. The van der Waals surface area contributed by atoms with Gasteiger partial charge < -0.3 is 9.84 Å². The summed E-state index contributed by atoms with van der Waals surface area (Å²) in [5, 5.41) is 11.1.